The molecule has 2 aliphatic heterocycles. The zero-order valence-corrected chi connectivity index (χ0v) is 16.5. The van der Waals surface area contributed by atoms with Crippen molar-refractivity contribution in [1.29, 1.82) is 0 Å². The highest BCUT2D eigenvalue weighted by Gasteiger charge is 2.34. The quantitative estimate of drug-likeness (QED) is 0.780. The largest absolute Gasteiger partial charge is 0.385 e. The maximum atomic E-state index is 14.0. The Kier molecular flexibility index (Phi) is 4.42. The van der Waals surface area contributed by atoms with Crippen molar-refractivity contribution in [2.24, 2.45) is 0 Å². The van der Waals surface area contributed by atoms with Crippen LogP contribution in [0.1, 0.15) is 39.5 Å². The van der Waals surface area contributed by atoms with Crippen LogP contribution in [0.25, 0.3) is 0 Å². The Morgan fingerprint density at radius 3 is 2.86 bits per heavy atom. The Hall–Kier alpha value is -2.46. The van der Waals surface area contributed by atoms with E-state index in [9.17, 15) is 17.6 Å². The molecular formula is C18H22FN5O3S. The number of hydrogen-bond acceptors (Lipinski definition) is 6. The number of nitrogens with one attached hydrogen (secondary N) is 1. The van der Waals surface area contributed by atoms with Crippen molar-refractivity contribution in [2.45, 2.75) is 32.2 Å². The summed E-state index contributed by atoms with van der Waals surface area (Å²) >= 11 is 0. The van der Waals surface area contributed by atoms with E-state index in [2.05, 4.69) is 10.4 Å². The van der Waals surface area contributed by atoms with E-state index in [1.165, 1.54) is 16.4 Å². The van der Waals surface area contributed by atoms with Gasteiger partial charge in [0.2, 0.25) is 10.0 Å². The Morgan fingerprint density at radius 1 is 1.39 bits per heavy atom. The molecule has 0 unspecified atom stereocenters. The molecule has 0 bridgehead atoms. The molecule has 2 aromatic rings. The van der Waals surface area contributed by atoms with E-state index >= 15 is 0 Å². The lowest BCUT2D eigenvalue weighted by Crippen LogP contribution is -2.35. The summed E-state index contributed by atoms with van der Waals surface area (Å²) in [7, 11) is -3.35. The van der Waals surface area contributed by atoms with Crippen molar-refractivity contribution < 1.29 is 17.6 Å². The molecule has 0 spiro atoms. The number of benzene rings is 1. The van der Waals surface area contributed by atoms with Gasteiger partial charge in [-0.2, -0.15) is 14.1 Å². The molecule has 1 atom stereocenters. The number of hydrogen-bond donors (Lipinski definition) is 2. The second kappa shape index (κ2) is 6.56. The van der Waals surface area contributed by atoms with Crippen LogP contribution in [-0.2, 0) is 23.0 Å². The van der Waals surface area contributed by atoms with Gasteiger partial charge in [-0.15, -0.1) is 0 Å². The van der Waals surface area contributed by atoms with Crippen LogP contribution < -0.4 is 11.1 Å². The van der Waals surface area contributed by atoms with Crippen LogP contribution in [0.15, 0.2) is 12.1 Å². The normalized spacial score (nSPS) is 19.6. The van der Waals surface area contributed by atoms with Gasteiger partial charge >= 0.3 is 0 Å². The fraction of sp³-hybridized carbons (Fsp3) is 0.444. The number of nitrogen functional groups attached to an aromatic ring is 1. The van der Waals surface area contributed by atoms with Crippen molar-refractivity contribution in [3.8, 4) is 0 Å². The van der Waals surface area contributed by atoms with Crippen LogP contribution >= 0.6 is 0 Å². The maximum Gasteiger partial charge on any atom is 0.256 e. The minimum absolute atomic E-state index is 0.0925. The summed E-state index contributed by atoms with van der Waals surface area (Å²) < 4.78 is 40.1. The van der Waals surface area contributed by atoms with E-state index in [-0.39, 0.29) is 18.3 Å². The Morgan fingerprint density at radius 2 is 2.14 bits per heavy atom. The number of halogens is 1. The van der Waals surface area contributed by atoms with E-state index in [4.69, 9.17) is 5.73 Å². The van der Waals surface area contributed by atoms with Crippen molar-refractivity contribution in [3.63, 3.8) is 0 Å². The Labute approximate surface area is 162 Å². The molecule has 0 amide bonds. The summed E-state index contributed by atoms with van der Waals surface area (Å²) in [6, 6.07) is 2.81. The number of aromatic nitrogens is 2. The van der Waals surface area contributed by atoms with Gasteiger partial charge in [0.1, 0.15) is 11.6 Å². The third kappa shape index (κ3) is 3.06. The first-order chi connectivity index (χ1) is 13.2. The summed E-state index contributed by atoms with van der Waals surface area (Å²) in [5.41, 5.74) is 9.49. The fourth-order valence-corrected chi connectivity index (χ4v) is 4.81. The van der Waals surface area contributed by atoms with Crippen LogP contribution in [-0.4, -0.2) is 47.8 Å². The summed E-state index contributed by atoms with van der Waals surface area (Å²) in [6.07, 6.45) is 2.04. The number of carbonyl (C=O) groups excluding carboxylic acids is 1. The van der Waals surface area contributed by atoms with Gasteiger partial charge in [-0.25, -0.2) is 12.8 Å². The van der Waals surface area contributed by atoms with Gasteiger partial charge in [-0.1, -0.05) is 0 Å². The molecule has 0 aliphatic carbocycles. The molecule has 0 radical (unpaired) electrons. The lowest BCUT2D eigenvalue weighted by atomic mass is 9.88. The first-order valence-corrected chi connectivity index (χ1v) is 10.9. The Balaban J connectivity index is 1.71. The van der Waals surface area contributed by atoms with Crippen LogP contribution in [0.5, 0.6) is 0 Å². The molecule has 3 N–H and O–H groups in total. The lowest BCUT2D eigenvalue weighted by Gasteiger charge is -2.27. The standard InChI is InChI=1S/C18H22FN5O3S/c1-10-7-11(19)8-14-12(3-5-21-16(10)14)18(25)24-17(20)13-4-6-23(28(2,26)27)9-15(13)22-24/h7-8,12,21H,3-6,9,20H2,1-2H3/t12-/m1/s1. The van der Waals surface area contributed by atoms with Crippen molar-refractivity contribution in [3.05, 3.63) is 40.3 Å². The topological polar surface area (TPSA) is 110 Å². The van der Waals surface area contributed by atoms with Crippen molar-refractivity contribution in [2.75, 3.05) is 30.4 Å². The van der Waals surface area contributed by atoms with E-state index in [0.29, 0.717) is 42.8 Å². The van der Waals surface area contributed by atoms with E-state index in [1.54, 1.807) is 6.92 Å². The molecule has 4 rings (SSSR count). The van der Waals surface area contributed by atoms with Gasteiger partial charge in [-0.3, -0.25) is 4.79 Å². The second-order valence-electron chi connectivity index (χ2n) is 7.36. The number of sulfonamides is 1. The van der Waals surface area contributed by atoms with Gasteiger partial charge < -0.3 is 11.1 Å². The highest BCUT2D eigenvalue weighted by Crippen LogP contribution is 2.36. The molecule has 10 heteroatoms. The smallest absolute Gasteiger partial charge is 0.256 e. The highest BCUT2D eigenvalue weighted by molar-refractivity contribution is 7.88. The summed E-state index contributed by atoms with van der Waals surface area (Å²) in [4.78, 5) is 13.2. The lowest BCUT2D eigenvalue weighted by molar-refractivity contribution is 0.0859. The van der Waals surface area contributed by atoms with Gasteiger partial charge in [0, 0.05) is 24.3 Å². The number of anilines is 2. The van der Waals surface area contributed by atoms with Crippen LogP contribution in [0.4, 0.5) is 15.9 Å². The van der Waals surface area contributed by atoms with E-state index < -0.39 is 21.8 Å². The van der Waals surface area contributed by atoms with Crippen molar-refractivity contribution >= 4 is 27.4 Å². The van der Waals surface area contributed by atoms with Crippen molar-refractivity contribution in [1.82, 2.24) is 14.1 Å². The number of carbonyl (C=O) groups is 1. The predicted octanol–water partition coefficient (Wildman–Crippen LogP) is 1.47. The van der Waals surface area contributed by atoms with Crippen LogP contribution in [0.3, 0.4) is 0 Å². The second-order valence-corrected chi connectivity index (χ2v) is 9.34. The molecule has 0 saturated heterocycles. The summed E-state index contributed by atoms with van der Waals surface area (Å²) in [6.45, 7) is 2.77. The number of nitrogens with zero attached hydrogens (tertiary/aromatic N) is 3. The zero-order chi connectivity index (χ0) is 20.2. The number of rotatable bonds is 2. The first-order valence-electron chi connectivity index (χ1n) is 9.06. The molecule has 8 nitrogen and oxygen atoms in total. The predicted molar refractivity (Wildman–Crippen MR) is 103 cm³/mol. The average molecular weight is 407 g/mol. The van der Waals surface area contributed by atoms with Gasteiger partial charge in [0.15, 0.2) is 0 Å². The molecule has 28 heavy (non-hydrogen) atoms. The van der Waals surface area contributed by atoms with Crippen LogP contribution in [0, 0.1) is 12.7 Å². The summed E-state index contributed by atoms with van der Waals surface area (Å²) in [5, 5.41) is 7.56. The van der Waals surface area contributed by atoms with Crippen LogP contribution in [0.2, 0.25) is 0 Å². The molecule has 0 saturated carbocycles. The van der Waals surface area contributed by atoms with Gasteiger partial charge in [0.05, 0.1) is 24.4 Å². The maximum absolute atomic E-state index is 14.0. The average Bonchev–Trinajstić information content (AvgIpc) is 2.96. The molecule has 2 aliphatic rings. The van der Waals surface area contributed by atoms with Gasteiger partial charge in [0.25, 0.3) is 5.91 Å². The third-order valence-corrected chi connectivity index (χ3v) is 6.71. The first kappa shape index (κ1) is 18.9. The minimum Gasteiger partial charge on any atom is -0.385 e. The number of fused-ring (bicyclic) bond motifs is 2. The molecule has 0 fully saturated rings. The van der Waals surface area contributed by atoms with E-state index in [1.807, 2.05) is 0 Å². The number of nitrogens with two attached hydrogens (primary N) is 1. The third-order valence-electron chi connectivity index (χ3n) is 5.46. The summed E-state index contributed by atoms with van der Waals surface area (Å²) in [5.74, 6) is -1.05. The molecule has 150 valence electrons. The molecule has 1 aromatic carbocycles. The Bertz CT molecular complexity index is 1080. The fourth-order valence-electron chi connectivity index (χ4n) is 4.03. The SMILES string of the molecule is Cc1cc(F)cc2c1NCC[C@H]2C(=O)n1nc2c(c1N)CCN(S(C)(=O)=O)C2. The molecule has 3 heterocycles. The molecule has 1 aromatic heterocycles. The van der Waals surface area contributed by atoms with E-state index in [0.717, 1.165) is 22.2 Å². The molecular weight excluding hydrogens is 385 g/mol. The monoisotopic (exact) mass is 407 g/mol. The van der Waals surface area contributed by atoms with Gasteiger partial charge in [-0.05, 0) is 43.0 Å². The minimum atomic E-state index is -3.35. The zero-order valence-electron chi connectivity index (χ0n) is 15.7. The number of aryl methyl sites for hydroxylation is 1. The highest BCUT2D eigenvalue weighted by atomic mass is 32.2.